The maximum absolute atomic E-state index is 15.9. The first-order chi connectivity index (χ1) is 20.8. The van der Waals surface area contributed by atoms with Crippen LogP contribution in [0.2, 0.25) is 10.0 Å². The van der Waals surface area contributed by atoms with Crippen LogP contribution >= 0.6 is 23.2 Å². The largest absolute Gasteiger partial charge is 0.495 e. The molecule has 3 aromatic rings. The number of hydrogen-bond donors (Lipinski definition) is 2. The van der Waals surface area contributed by atoms with E-state index < -0.39 is 52.3 Å². The molecule has 0 aromatic heterocycles. The molecule has 7 nitrogen and oxygen atoms in total. The van der Waals surface area contributed by atoms with Crippen molar-refractivity contribution >= 4 is 40.8 Å². The fourth-order valence-electron chi connectivity index (χ4n) is 5.90. The number of benzene rings is 3. The maximum atomic E-state index is 15.9. The molecule has 1 aliphatic heterocycles. The Morgan fingerprint density at radius 3 is 2.45 bits per heavy atom. The number of hydrogen-bond acceptors (Lipinski definition) is 6. The van der Waals surface area contributed by atoms with Crippen molar-refractivity contribution in [1.29, 1.82) is 5.26 Å². The minimum Gasteiger partial charge on any atom is -0.495 e. The number of ether oxygens (including phenoxy) is 2. The molecule has 0 unspecified atom stereocenters. The number of methoxy groups -OCH3 is 1. The van der Waals surface area contributed by atoms with E-state index in [4.69, 9.17) is 32.7 Å². The monoisotopic (exact) mass is 643 g/mol. The smallest absolute Gasteiger partial charge is 0.338 e. The summed E-state index contributed by atoms with van der Waals surface area (Å²) in [5.41, 5.74) is -1.78. The topological polar surface area (TPSA) is 100 Å². The SMILES string of the molecule is CCOC(=O)c1ccc(NC(=O)[C@@H]2N[C@H](CC(C)(C)C)[C@](C#N)(c3ccc(Cl)cc3F)[C@H]2c2cccc(Cl)c2F)c(OC)c1. The van der Waals surface area contributed by atoms with Crippen LogP contribution in [0.25, 0.3) is 0 Å². The van der Waals surface area contributed by atoms with Crippen LogP contribution in [0, 0.1) is 28.4 Å². The van der Waals surface area contributed by atoms with Gasteiger partial charge in [-0.2, -0.15) is 5.26 Å². The summed E-state index contributed by atoms with van der Waals surface area (Å²) >= 11 is 12.3. The van der Waals surface area contributed by atoms with Gasteiger partial charge in [-0.15, -0.1) is 0 Å². The van der Waals surface area contributed by atoms with Crippen molar-refractivity contribution in [1.82, 2.24) is 5.32 Å². The summed E-state index contributed by atoms with van der Waals surface area (Å²) in [6.07, 6.45) is 0.322. The van der Waals surface area contributed by atoms with E-state index in [1.807, 2.05) is 20.8 Å². The van der Waals surface area contributed by atoms with Crippen molar-refractivity contribution in [2.45, 2.75) is 57.5 Å². The van der Waals surface area contributed by atoms with Crippen LogP contribution < -0.4 is 15.4 Å². The number of rotatable bonds is 8. The van der Waals surface area contributed by atoms with Crippen LogP contribution in [-0.4, -0.2) is 37.7 Å². The zero-order valence-corrected chi connectivity index (χ0v) is 26.4. The molecule has 232 valence electrons. The van der Waals surface area contributed by atoms with E-state index in [0.29, 0.717) is 6.42 Å². The van der Waals surface area contributed by atoms with Crippen LogP contribution in [0.3, 0.4) is 0 Å². The third-order valence-corrected chi connectivity index (χ3v) is 8.23. The second kappa shape index (κ2) is 13.1. The van der Waals surface area contributed by atoms with Crippen LogP contribution in [0.5, 0.6) is 5.75 Å². The van der Waals surface area contributed by atoms with Crippen molar-refractivity contribution in [2.24, 2.45) is 5.41 Å². The summed E-state index contributed by atoms with van der Waals surface area (Å²) in [5, 5.41) is 17.0. The van der Waals surface area contributed by atoms with Gasteiger partial charge >= 0.3 is 5.97 Å². The van der Waals surface area contributed by atoms with Gasteiger partial charge in [0.25, 0.3) is 0 Å². The van der Waals surface area contributed by atoms with Crippen molar-refractivity contribution in [2.75, 3.05) is 19.0 Å². The Balaban J connectivity index is 1.91. The first kappa shape index (κ1) is 33.2. The summed E-state index contributed by atoms with van der Waals surface area (Å²) in [6.45, 7) is 7.72. The number of carbonyl (C=O) groups excluding carboxylic acids is 2. The Labute approximate surface area is 265 Å². The number of carbonyl (C=O) groups is 2. The Morgan fingerprint density at radius 1 is 1.11 bits per heavy atom. The zero-order valence-electron chi connectivity index (χ0n) is 24.9. The van der Waals surface area contributed by atoms with Crippen molar-refractivity contribution in [3.63, 3.8) is 0 Å². The minimum atomic E-state index is -1.77. The molecule has 11 heteroatoms. The van der Waals surface area contributed by atoms with Crippen LogP contribution in [0.4, 0.5) is 14.5 Å². The molecule has 4 atom stereocenters. The molecule has 1 aliphatic rings. The molecule has 4 rings (SSSR count). The van der Waals surface area contributed by atoms with Crippen LogP contribution in [-0.2, 0) is 14.9 Å². The van der Waals surface area contributed by atoms with E-state index in [2.05, 4.69) is 16.7 Å². The zero-order chi connectivity index (χ0) is 32.4. The molecule has 1 amide bonds. The third kappa shape index (κ3) is 6.39. The van der Waals surface area contributed by atoms with Crippen molar-refractivity contribution in [3.05, 3.63) is 93.0 Å². The highest BCUT2D eigenvalue weighted by Crippen LogP contribution is 2.53. The van der Waals surface area contributed by atoms with Crippen molar-refractivity contribution < 1.29 is 27.8 Å². The number of esters is 1. The molecule has 1 saturated heterocycles. The second-order valence-electron chi connectivity index (χ2n) is 11.8. The standard InChI is InChI=1S/C33H33Cl2F2N3O4/c1-6-44-31(42)18-10-13-24(25(14-18)43-5)39-30(41)29-27(20-8-7-9-22(35)28(20)37)33(17-38,26(40-29)16-32(2,3)4)21-12-11-19(34)15-23(21)36/h7-15,26-27,29,40H,6,16H2,1-5H3,(H,39,41)/t26-,27+,29-,33+/m1/s1. The molecule has 0 bridgehead atoms. The van der Waals surface area contributed by atoms with Crippen LogP contribution in [0.1, 0.15) is 61.5 Å². The highest BCUT2D eigenvalue weighted by Gasteiger charge is 2.61. The fraction of sp³-hybridized carbons (Fsp3) is 0.364. The van der Waals surface area contributed by atoms with E-state index in [9.17, 15) is 14.9 Å². The highest BCUT2D eigenvalue weighted by atomic mass is 35.5. The van der Waals surface area contributed by atoms with E-state index in [1.165, 1.54) is 55.6 Å². The summed E-state index contributed by atoms with van der Waals surface area (Å²) in [7, 11) is 1.38. The first-order valence-corrected chi connectivity index (χ1v) is 14.8. The second-order valence-corrected chi connectivity index (χ2v) is 12.7. The number of nitrogens with zero attached hydrogens (tertiary/aromatic N) is 1. The Morgan fingerprint density at radius 2 is 1.84 bits per heavy atom. The van der Waals surface area contributed by atoms with Gasteiger partial charge in [-0.25, -0.2) is 13.6 Å². The van der Waals surface area contributed by atoms with Gasteiger partial charge in [-0.3, -0.25) is 4.79 Å². The number of amides is 1. The molecule has 0 aliphatic carbocycles. The molecule has 2 N–H and O–H groups in total. The lowest BCUT2D eigenvalue weighted by atomic mass is 9.62. The average Bonchev–Trinajstić information content (AvgIpc) is 3.27. The van der Waals surface area contributed by atoms with Gasteiger partial charge in [-0.05, 0) is 60.7 Å². The van der Waals surface area contributed by atoms with E-state index in [0.717, 1.165) is 6.07 Å². The quantitative estimate of drug-likeness (QED) is 0.248. The van der Waals surface area contributed by atoms with E-state index >= 15 is 8.78 Å². The molecule has 1 fully saturated rings. The van der Waals surface area contributed by atoms with Crippen LogP contribution in [0.15, 0.2) is 54.6 Å². The molecule has 0 saturated carbocycles. The van der Waals surface area contributed by atoms with E-state index in [-0.39, 0.29) is 44.8 Å². The Bertz CT molecular complexity index is 1620. The first-order valence-electron chi connectivity index (χ1n) is 14.0. The highest BCUT2D eigenvalue weighted by molar-refractivity contribution is 6.31. The minimum absolute atomic E-state index is 0.0257. The predicted octanol–water partition coefficient (Wildman–Crippen LogP) is 7.42. The molecule has 3 aromatic carbocycles. The number of anilines is 1. The molecular formula is C33H33Cl2F2N3O4. The van der Waals surface area contributed by atoms with Gasteiger partial charge in [0, 0.05) is 22.5 Å². The molecule has 0 spiro atoms. The maximum Gasteiger partial charge on any atom is 0.338 e. The van der Waals surface area contributed by atoms with E-state index in [1.54, 1.807) is 6.92 Å². The number of halogens is 4. The summed E-state index contributed by atoms with van der Waals surface area (Å²) in [6, 6.07) is 12.9. The Kier molecular flexibility index (Phi) is 9.89. The molecular weight excluding hydrogens is 611 g/mol. The summed E-state index contributed by atoms with van der Waals surface area (Å²) in [5.74, 6) is -3.84. The van der Waals surface area contributed by atoms with Crippen molar-refractivity contribution in [3.8, 4) is 11.8 Å². The summed E-state index contributed by atoms with van der Waals surface area (Å²) in [4.78, 5) is 26.4. The van der Waals surface area contributed by atoms with Gasteiger partial charge in [0.05, 0.1) is 42.1 Å². The fourth-order valence-corrected chi connectivity index (χ4v) is 6.24. The van der Waals surface area contributed by atoms with Gasteiger partial charge in [-0.1, -0.05) is 62.2 Å². The normalized spacial score (nSPS) is 21.4. The number of nitrogens with one attached hydrogen (secondary N) is 2. The lowest BCUT2D eigenvalue weighted by molar-refractivity contribution is -0.118. The Hall–Kier alpha value is -3.71. The van der Waals surface area contributed by atoms with Gasteiger partial charge in [0.2, 0.25) is 5.91 Å². The lowest BCUT2D eigenvalue weighted by Crippen LogP contribution is -2.45. The molecule has 44 heavy (non-hydrogen) atoms. The lowest BCUT2D eigenvalue weighted by Gasteiger charge is -2.37. The summed E-state index contributed by atoms with van der Waals surface area (Å²) < 4.78 is 42.2. The van der Waals surface area contributed by atoms with Gasteiger partial charge in [0.15, 0.2) is 0 Å². The molecule has 0 radical (unpaired) electrons. The third-order valence-electron chi connectivity index (χ3n) is 7.70. The average molecular weight is 645 g/mol. The van der Waals surface area contributed by atoms with Gasteiger partial charge < -0.3 is 20.1 Å². The number of nitriles is 1. The molecule has 1 heterocycles. The van der Waals surface area contributed by atoms with Gasteiger partial charge in [0.1, 0.15) is 22.8 Å². The predicted molar refractivity (Wildman–Crippen MR) is 165 cm³/mol.